The number of anilines is 2. The summed E-state index contributed by atoms with van der Waals surface area (Å²) in [5.41, 5.74) is 1.52. The fourth-order valence-corrected chi connectivity index (χ4v) is 3.82. The van der Waals surface area contributed by atoms with Crippen molar-refractivity contribution in [2.45, 2.75) is 13.5 Å². The van der Waals surface area contributed by atoms with Crippen molar-refractivity contribution in [3.63, 3.8) is 0 Å². The van der Waals surface area contributed by atoms with Crippen molar-refractivity contribution in [2.75, 3.05) is 49.6 Å². The minimum Gasteiger partial charge on any atom is -0.378 e. The van der Waals surface area contributed by atoms with Crippen molar-refractivity contribution in [2.24, 2.45) is 0 Å². The summed E-state index contributed by atoms with van der Waals surface area (Å²) in [6.45, 7) is 4.60. The van der Waals surface area contributed by atoms with E-state index in [1.165, 1.54) is 23.4 Å². The van der Waals surface area contributed by atoms with E-state index in [-0.39, 0.29) is 30.9 Å². The first kappa shape index (κ1) is 23.4. The molecule has 2 amide bonds. The number of likely N-dealkylation sites (N-methyl/N-ethyl adjacent to an activating group) is 1. The Kier molecular flexibility index (Phi) is 7.17. The molecule has 1 N–H and O–H groups in total. The number of halogens is 1. The molecule has 0 aliphatic carbocycles. The smallest absolute Gasteiger partial charge is 0.261 e. The van der Waals surface area contributed by atoms with Crippen molar-refractivity contribution in [1.29, 1.82) is 0 Å². The van der Waals surface area contributed by atoms with Crippen LogP contribution in [0.15, 0.2) is 53.6 Å². The van der Waals surface area contributed by atoms with Crippen LogP contribution in [0, 0.1) is 5.82 Å². The number of nitrogens with one attached hydrogen (secondary N) is 1. The number of nitrogens with zero attached hydrogens (tertiary/aromatic N) is 4. The third-order valence-corrected chi connectivity index (χ3v) is 5.69. The van der Waals surface area contributed by atoms with Crippen LogP contribution < -0.4 is 15.8 Å². The van der Waals surface area contributed by atoms with E-state index in [4.69, 9.17) is 4.74 Å². The molecular formula is C24H26FN5O4. The molecule has 1 aliphatic heterocycles. The number of ether oxygens (including phenoxy) is 1. The predicted molar refractivity (Wildman–Crippen MR) is 126 cm³/mol. The SMILES string of the molecule is CCN(CC(=O)Nc1ccc(N2CCOCC2)cc1)C(=O)Cn1cnc2ccc(F)cc2c1=O. The third-order valence-electron chi connectivity index (χ3n) is 5.69. The van der Waals surface area contributed by atoms with Crippen molar-refractivity contribution in [1.82, 2.24) is 14.5 Å². The molecule has 2 heterocycles. The molecule has 1 aliphatic rings. The predicted octanol–water partition coefficient (Wildman–Crippen LogP) is 1.86. The number of hydrogen-bond acceptors (Lipinski definition) is 6. The first-order valence-electron chi connectivity index (χ1n) is 11.1. The van der Waals surface area contributed by atoms with Gasteiger partial charge in [0.05, 0.1) is 37.0 Å². The van der Waals surface area contributed by atoms with Crippen LogP contribution in [-0.2, 0) is 20.9 Å². The van der Waals surface area contributed by atoms with Crippen LogP contribution in [0.25, 0.3) is 10.9 Å². The van der Waals surface area contributed by atoms with Crippen molar-refractivity contribution < 1.29 is 18.7 Å². The van der Waals surface area contributed by atoms with Crippen LogP contribution in [0.1, 0.15) is 6.92 Å². The van der Waals surface area contributed by atoms with Crippen LogP contribution in [0.2, 0.25) is 0 Å². The van der Waals surface area contributed by atoms with Gasteiger partial charge in [0.15, 0.2) is 0 Å². The maximum atomic E-state index is 13.5. The molecule has 0 saturated carbocycles. The number of morpholine rings is 1. The van der Waals surface area contributed by atoms with E-state index >= 15 is 0 Å². The van der Waals surface area contributed by atoms with Gasteiger partial charge in [-0.25, -0.2) is 9.37 Å². The zero-order chi connectivity index (χ0) is 24.1. The average molecular weight is 468 g/mol. The molecule has 178 valence electrons. The lowest BCUT2D eigenvalue weighted by Gasteiger charge is -2.29. The third kappa shape index (κ3) is 5.40. The fourth-order valence-electron chi connectivity index (χ4n) is 3.82. The normalized spacial score (nSPS) is 13.6. The van der Waals surface area contributed by atoms with E-state index in [9.17, 15) is 18.8 Å². The number of amides is 2. The molecule has 1 aromatic heterocycles. The first-order valence-corrected chi connectivity index (χ1v) is 11.1. The topological polar surface area (TPSA) is 96.8 Å². The molecule has 9 nitrogen and oxygen atoms in total. The summed E-state index contributed by atoms with van der Waals surface area (Å²) >= 11 is 0. The number of rotatable bonds is 7. The summed E-state index contributed by atoms with van der Waals surface area (Å²) in [5, 5.41) is 2.89. The zero-order valence-corrected chi connectivity index (χ0v) is 18.9. The number of fused-ring (bicyclic) bond motifs is 1. The fraction of sp³-hybridized carbons (Fsp3) is 0.333. The highest BCUT2D eigenvalue weighted by Gasteiger charge is 2.18. The standard InChI is InChI=1S/C24H26FN5O4/c1-2-28(23(32)15-30-16-26-21-8-3-17(25)13-20(21)24(30)33)14-22(31)27-18-4-6-19(7-5-18)29-9-11-34-12-10-29/h3-8,13,16H,2,9-12,14-15H2,1H3,(H,27,31). The first-order chi connectivity index (χ1) is 16.4. The van der Waals surface area contributed by atoms with Crippen molar-refractivity contribution in [3.05, 3.63) is 65.0 Å². The van der Waals surface area contributed by atoms with Crippen LogP contribution in [0.3, 0.4) is 0 Å². The van der Waals surface area contributed by atoms with Crippen LogP contribution in [0.4, 0.5) is 15.8 Å². The van der Waals surface area contributed by atoms with Gasteiger partial charge >= 0.3 is 0 Å². The highest BCUT2D eigenvalue weighted by Crippen LogP contribution is 2.19. The molecule has 0 bridgehead atoms. The van der Waals surface area contributed by atoms with Gasteiger partial charge in [0, 0.05) is 31.0 Å². The molecule has 4 rings (SSSR count). The van der Waals surface area contributed by atoms with Gasteiger partial charge in [-0.1, -0.05) is 0 Å². The van der Waals surface area contributed by atoms with Gasteiger partial charge in [-0.15, -0.1) is 0 Å². The molecule has 0 radical (unpaired) electrons. The van der Waals surface area contributed by atoms with E-state index in [1.54, 1.807) is 6.92 Å². The maximum Gasteiger partial charge on any atom is 0.261 e. The minimum absolute atomic E-state index is 0.0941. The van der Waals surface area contributed by atoms with Crippen molar-refractivity contribution >= 4 is 34.1 Å². The molecule has 1 fully saturated rings. The van der Waals surface area contributed by atoms with E-state index < -0.39 is 17.3 Å². The largest absolute Gasteiger partial charge is 0.378 e. The van der Waals surface area contributed by atoms with Crippen molar-refractivity contribution in [3.8, 4) is 0 Å². The molecule has 34 heavy (non-hydrogen) atoms. The molecule has 1 saturated heterocycles. The molecule has 3 aromatic rings. The Morgan fingerprint density at radius 2 is 1.88 bits per heavy atom. The van der Waals surface area contributed by atoms with Crippen LogP contribution in [0.5, 0.6) is 0 Å². The highest BCUT2D eigenvalue weighted by atomic mass is 19.1. The van der Waals surface area contributed by atoms with Crippen LogP contribution in [-0.4, -0.2) is 65.7 Å². The molecule has 2 aromatic carbocycles. The zero-order valence-electron chi connectivity index (χ0n) is 18.9. The Morgan fingerprint density at radius 3 is 2.59 bits per heavy atom. The van der Waals surface area contributed by atoms with Gasteiger partial charge < -0.3 is 19.9 Å². The monoisotopic (exact) mass is 467 g/mol. The number of carbonyl (C=O) groups is 2. The lowest BCUT2D eigenvalue weighted by Crippen LogP contribution is -2.41. The molecule has 10 heteroatoms. The summed E-state index contributed by atoms with van der Waals surface area (Å²) < 4.78 is 20.0. The summed E-state index contributed by atoms with van der Waals surface area (Å²) in [7, 11) is 0. The van der Waals surface area contributed by atoms with Gasteiger partial charge in [0.25, 0.3) is 5.56 Å². The van der Waals surface area contributed by atoms with E-state index in [1.807, 2.05) is 24.3 Å². The van der Waals surface area contributed by atoms with E-state index in [2.05, 4.69) is 15.2 Å². The Hall–Kier alpha value is -3.79. The summed E-state index contributed by atoms with van der Waals surface area (Å²) in [5.74, 6) is -1.32. The van der Waals surface area contributed by atoms with Crippen LogP contribution >= 0.6 is 0 Å². The summed E-state index contributed by atoms with van der Waals surface area (Å²) in [6.07, 6.45) is 1.25. The van der Waals surface area contributed by atoms with E-state index in [0.29, 0.717) is 24.4 Å². The number of aromatic nitrogens is 2. The minimum atomic E-state index is -0.555. The second-order valence-corrected chi connectivity index (χ2v) is 7.94. The number of carbonyl (C=O) groups excluding carboxylic acids is 2. The van der Waals surface area contributed by atoms with Gasteiger partial charge in [-0.2, -0.15) is 0 Å². The Bertz CT molecular complexity index is 1240. The molecule has 0 atom stereocenters. The molecular weight excluding hydrogens is 441 g/mol. The Morgan fingerprint density at radius 1 is 1.15 bits per heavy atom. The van der Waals surface area contributed by atoms with Gasteiger partial charge in [-0.3, -0.25) is 19.0 Å². The maximum absolute atomic E-state index is 13.5. The summed E-state index contributed by atoms with van der Waals surface area (Å²) in [6, 6.07) is 11.2. The summed E-state index contributed by atoms with van der Waals surface area (Å²) in [4.78, 5) is 45.6. The Balaban J connectivity index is 1.37. The van der Waals surface area contributed by atoms with Gasteiger partial charge in [0.1, 0.15) is 12.4 Å². The lowest BCUT2D eigenvalue weighted by molar-refractivity contribution is -0.135. The number of hydrogen-bond donors (Lipinski definition) is 1. The second-order valence-electron chi connectivity index (χ2n) is 7.94. The Labute approximate surface area is 195 Å². The van der Waals surface area contributed by atoms with Gasteiger partial charge in [0.2, 0.25) is 11.8 Å². The average Bonchev–Trinajstić information content (AvgIpc) is 2.85. The second kappa shape index (κ2) is 10.4. The quantitative estimate of drug-likeness (QED) is 0.570. The van der Waals surface area contributed by atoms with E-state index in [0.717, 1.165) is 29.4 Å². The molecule has 0 unspecified atom stereocenters. The van der Waals surface area contributed by atoms with Gasteiger partial charge in [-0.05, 0) is 49.4 Å². The number of benzene rings is 2. The molecule has 0 spiro atoms. The highest BCUT2D eigenvalue weighted by molar-refractivity contribution is 5.94. The lowest BCUT2D eigenvalue weighted by atomic mass is 10.2.